The average molecular weight is 431 g/mol. The largest absolute Gasteiger partial charge is 0.493 e. The van der Waals surface area contributed by atoms with Gasteiger partial charge in [-0.25, -0.2) is 4.98 Å². The Morgan fingerprint density at radius 2 is 2.19 bits per heavy atom. The van der Waals surface area contributed by atoms with Crippen LogP contribution >= 0.6 is 0 Å². The third kappa shape index (κ3) is 3.71. The predicted octanol–water partition coefficient (Wildman–Crippen LogP) is 2.69. The summed E-state index contributed by atoms with van der Waals surface area (Å²) in [6.45, 7) is 3.87. The van der Waals surface area contributed by atoms with Gasteiger partial charge in [0.15, 0.2) is 0 Å². The summed E-state index contributed by atoms with van der Waals surface area (Å²) in [7, 11) is 0. The number of aryl methyl sites for hydroxylation is 1. The van der Waals surface area contributed by atoms with Crippen molar-refractivity contribution >= 4 is 0 Å². The number of likely N-dealkylation sites (tertiary alicyclic amines) is 1. The number of nitrogens with two attached hydrogens (primary N) is 1. The van der Waals surface area contributed by atoms with Gasteiger partial charge in [0.1, 0.15) is 29.5 Å². The molecule has 2 unspecified atom stereocenters. The van der Waals surface area contributed by atoms with E-state index in [1.807, 2.05) is 52.9 Å². The highest BCUT2D eigenvalue weighted by atomic mass is 16.5. The first kappa shape index (κ1) is 20.5. The van der Waals surface area contributed by atoms with E-state index in [9.17, 15) is 10.4 Å². The number of aliphatic hydroxyl groups is 1. The third-order valence-electron chi connectivity index (χ3n) is 6.20. The predicted molar refractivity (Wildman–Crippen MR) is 117 cm³/mol. The Balaban J connectivity index is 1.42. The molecular formula is C24H25N5O3. The monoisotopic (exact) mass is 431 g/mol. The van der Waals surface area contributed by atoms with E-state index in [0.29, 0.717) is 36.8 Å². The molecule has 0 bridgehead atoms. The highest BCUT2D eigenvalue weighted by Gasteiger charge is 2.41. The van der Waals surface area contributed by atoms with Gasteiger partial charge in [0.2, 0.25) is 0 Å². The number of imidazole rings is 1. The van der Waals surface area contributed by atoms with Crippen LogP contribution in [0.2, 0.25) is 0 Å². The van der Waals surface area contributed by atoms with E-state index in [2.05, 4.69) is 11.1 Å². The van der Waals surface area contributed by atoms with Crippen molar-refractivity contribution in [3.8, 4) is 23.3 Å². The molecule has 3 heterocycles. The summed E-state index contributed by atoms with van der Waals surface area (Å²) in [5, 5.41) is 19.8. The maximum Gasteiger partial charge on any atom is 0.145 e. The Hall–Kier alpha value is -3.38. The highest BCUT2D eigenvalue weighted by Crippen LogP contribution is 2.42. The van der Waals surface area contributed by atoms with Crippen LogP contribution in [0.25, 0.3) is 0 Å². The third-order valence-corrected chi connectivity index (χ3v) is 6.20. The number of ether oxygens (including phenoxy) is 2. The number of hydrogen-bond acceptors (Lipinski definition) is 7. The van der Waals surface area contributed by atoms with Crippen molar-refractivity contribution in [2.24, 2.45) is 5.73 Å². The molecule has 3 atom stereocenters. The van der Waals surface area contributed by atoms with Gasteiger partial charge in [0, 0.05) is 43.0 Å². The normalized spacial score (nSPS) is 22.4. The van der Waals surface area contributed by atoms with E-state index in [0.717, 1.165) is 29.0 Å². The number of aliphatic hydroxyl groups excluding tert-OH is 1. The molecule has 0 amide bonds. The summed E-state index contributed by atoms with van der Waals surface area (Å²) in [4.78, 5) is 6.15. The molecule has 5 rings (SSSR count). The fraction of sp³-hybridized carbons (Fsp3) is 0.333. The second kappa shape index (κ2) is 8.28. The molecule has 32 heavy (non-hydrogen) atoms. The lowest BCUT2D eigenvalue weighted by molar-refractivity contribution is -0.124. The van der Waals surface area contributed by atoms with Crippen LogP contribution in [0.1, 0.15) is 34.8 Å². The number of nitrogens with zero attached hydrogens (tertiary/aromatic N) is 4. The molecule has 2 aliphatic heterocycles. The fourth-order valence-electron chi connectivity index (χ4n) is 4.35. The Labute approximate surface area is 186 Å². The standard InChI is InChI=1S/C24H25N5O3/c1-15-11-27-14-28(15)12-16-2-3-17(10-25)23(8-16)32-18-4-5-22-19(9-18)21(6-7-31-22)29-13-20(26)24(29)30/h2-5,8-9,11,14,20-21,24,30H,6-7,12-13,26H2,1H3/t20-,21?,24?/m1/s1. The van der Waals surface area contributed by atoms with Crippen LogP contribution in [0.3, 0.4) is 0 Å². The lowest BCUT2D eigenvalue weighted by atomic mass is 9.93. The maximum atomic E-state index is 10.3. The van der Waals surface area contributed by atoms with Gasteiger partial charge in [-0.15, -0.1) is 0 Å². The smallest absolute Gasteiger partial charge is 0.145 e. The van der Waals surface area contributed by atoms with Crippen LogP contribution in [-0.4, -0.2) is 45.0 Å². The molecule has 164 valence electrons. The van der Waals surface area contributed by atoms with Gasteiger partial charge in [0.05, 0.1) is 24.5 Å². The maximum absolute atomic E-state index is 10.3. The molecule has 0 aliphatic carbocycles. The Kier molecular flexibility index (Phi) is 5.31. The van der Waals surface area contributed by atoms with Crippen molar-refractivity contribution in [2.45, 2.75) is 38.2 Å². The van der Waals surface area contributed by atoms with Gasteiger partial charge in [-0.05, 0) is 42.8 Å². The van der Waals surface area contributed by atoms with E-state index in [4.69, 9.17) is 15.2 Å². The van der Waals surface area contributed by atoms with Crippen molar-refractivity contribution in [1.29, 1.82) is 5.26 Å². The van der Waals surface area contributed by atoms with Gasteiger partial charge in [-0.2, -0.15) is 5.26 Å². The second-order valence-electron chi connectivity index (χ2n) is 8.33. The van der Waals surface area contributed by atoms with Gasteiger partial charge in [0.25, 0.3) is 0 Å². The van der Waals surface area contributed by atoms with E-state index in [-0.39, 0.29) is 12.1 Å². The quantitative estimate of drug-likeness (QED) is 0.639. The van der Waals surface area contributed by atoms with Crippen LogP contribution in [-0.2, 0) is 6.54 Å². The lowest BCUT2D eigenvalue weighted by Crippen LogP contribution is -2.65. The Bertz CT molecular complexity index is 1180. The zero-order valence-corrected chi connectivity index (χ0v) is 17.8. The minimum Gasteiger partial charge on any atom is -0.493 e. The average Bonchev–Trinajstić information content (AvgIpc) is 3.21. The number of fused-ring (bicyclic) bond motifs is 1. The molecule has 3 N–H and O–H groups in total. The van der Waals surface area contributed by atoms with Gasteiger partial charge in [-0.3, -0.25) is 4.90 Å². The zero-order valence-electron chi connectivity index (χ0n) is 17.8. The molecule has 8 heteroatoms. The minimum absolute atomic E-state index is 0.0167. The molecule has 1 fully saturated rings. The summed E-state index contributed by atoms with van der Waals surface area (Å²) < 4.78 is 14.0. The van der Waals surface area contributed by atoms with E-state index in [1.165, 1.54) is 0 Å². The molecule has 1 saturated heterocycles. The van der Waals surface area contributed by atoms with Gasteiger partial charge in [-0.1, -0.05) is 6.07 Å². The fourth-order valence-corrected chi connectivity index (χ4v) is 4.35. The molecule has 3 aromatic rings. The number of aromatic nitrogens is 2. The Morgan fingerprint density at radius 3 is 2.91 bits per heavy atom. The highest BCUT2D eigenvalue weighted by molar-refractivity contribution is 5.50. The first-order chi connectivity index (χ1) is 15.5. The molecule has 0 spiro atoms. The van der Waals surface area contributed by atoms with Gasteiger partial charge < -0.3 is 24.9 Å². The molecule has 0 radical (unpaired) electrons. The molecular weight excluding hydrogens is 406 g/mol. The molecule has 1 aromatic heterocycles. The second-order valence-corrected chi connectivity index (χ2v) is 8.33. The van der Waals surface area contributed by atoms with Crippen molar-refractivity contribution in [1.82, 2.24) is 14.5 Å². The Morgan fingerprint density at radius 1 is 1.31 bits per heavy atom. The summed E-state index contributed by atoms with van der Waals surface area (Å²) in [6, 6.07) is 13.3. The minimum atomic E-state index is -0.649. The molecule has 2 aromatic carbocycles. The first-order valence-electron chi connectivity index (χ1n) is 10.7. The number of benzene rings is 2. The summed E-state index contributed by atoms with van der Waals surface area (Å²) in [5.74, 6) is 1.90. The summed E-state index contributed by atoms with van der Waals surface area (Å²) in [6.07, 6.45) is 3.72. The molecule has 0 saturated carbocycles. The number of hydrogen-bond donors (Lipinski definition) is 2. The van der Waals surface area contributed by atoms with Crippen molar-refractivity contribution in [3.63, 3.8) is 0 Å². The molecule has 8 nitrogen and oxygen atoms in total. The van der Waals surface area contributed by atoms with E-state index < -0.39 is 6.23 Å². The summed E-state index contributed by atoms with van der Waals surface area (Å²) >= 11 is 0. The first-order valence-corrected chi connectivity index (χ1v) is 10.7. The SMILES string of the molecule is Cc1cncn1Cc1ccc(C#N)c(Oc2ccc3c(c2)C(N2C[C@@H](N)C2O)CCO3)c1. The van der Waals surface area contributed by atoms with Crippen LogP contribution in [0.5, 0.6) is 17.2 Å². The number of rotatable bonds is 5. The lowest BCUT2D eigenvalue weighted by Gasteiger charge is -2.48. The van der Waals surface area contributed by atoms with Crippen molar-refractivity contribution in [3.05, 3.63) is 71.3 Å². The number of nitriles is 1. The summed E-state index contributed by atoms with van der Waals surface area (Å²) in [5.41, 5.74) is 9.39. The molecule has 2 aliphatic rings. The van der Waals surface area contributed by atoms with Crippen LogP contribution in [0.4, 0.5) is 0 Å². The van der Waals surface area contributed by atoms with Crippen LogP contribution in [0.15, 0.2) is 48.9 Å². The van der Waals surface area contributed by atoms with Gasteiger partial charge >= 0.3 is 0 Å². The zero-order chi connectivity index (χ0) is 22.2. The van der Waals surface area contributed by atoms with E-state index in [1.54, 1.807) is 12.4 Å². The van der Waals surface area contributed by atoms with Crippen molar-refractivity contribution in [2.75, 3.05) is 13.2 Å². The van der Waals surface area contributed by atoms with E-state index >= 15 is 0 Å². The van der Waals surface area contributed by atoms with Crippen LogP contribution in [0, 0.1) is 18.3 Å². The van der Waals surface area contributed by atoms with Crippen LogP contribution < -0.4 is 15.2 Å². The van der Waals surface area contributed by atoms with Crippen molar-refractivity contribution < 1.29 is 14.6 Å². The topological polar surface area (TPSA) is 110 Å².